The molecule has 2 aliphatic carbocycles. The Kier molecular flexibility index (Phi) is 4.53. The third-order valence-electron chi connectivity index (χ3n) is 7.04. The molecule has 4 bridgehead atoms. The zero-order valence-electron chi connectivity index (χ0n) is 16.9. The van der Waals surface area contributed by atoms with Gasteiger partial charge in [0.15, 0.2) is 0 Å². The summed E-state index contributed by atoms with van der Waals surface area (Å²) in [6.45, 7) is 4.05. The average Bonchev–Trinajstić information content (AvgIpc) is 2.57. The number of nitrogens with one attached hydrogen (secondary N) is 2. The molecule has 2 aliphatic heterocycles. The van der Waals surface area contributed by atoms with Crippen molar-refractivity contribution in [2.75, 3.05) is 12.4 Å². The predicted molar refractivity (Wildman–Crippen MR) is 107 cm³/mol. The normalized spacial score (nSPS) is 34.4. The molecule has 1 aromatic rings. The second kappa shape index (κ2) is 6.55. The quantitative estimate of drug-likeness (QED) is 0.676. The minimum atomic E-state index is -0.620. The Morgan fingerprint density at radius 1 is 1.36 bits per heavy atom. The SMILES string of the molecule is CNc1cccc(F)c1C(=N)C(C)CC(=O)N1C2CC3(C)CC1CC(O)(C2)C3. The first-order valence-electron chi connectivity index (χ1n) is 10.2. The number of carbonyl (C=O) groups is 1. The van der Waals surface area contributed by atoms with E-state index in [9.17, 15) is 14.3 Å². The molecule has 152 valence electrons. The minimum Gasteiger partial charge on any atom is -0.390 e. The Balaban J connectivity index is 1.50. The van der Waals surface area contributed by atoms with Gasteiger partial charge in [0.05, 0.1) is 11.2 Å². The lowest BCUT2D eigenvalue weighted by molar-refractivity contribution is -0.193. The fourth-order valence-corrected chi connectivity index (χ4v) is 6.23. The minimum absolute atomic E-state index is 0.0283. The maximum Gasteiger partial charge on any atom is 0.223 e. The van der Waals surface area contributed by atoms with Gasteiger partial charge >= 0.3 is 0 Å². The van der Waals surface area contributed by atoms with E-state index >= 15 is 0 Å². The van der Waals surface area contributed by atoms with Crippen LogP contribution >= 0.6 is 0 Å². The smallest absolute Gasteiger partial charge is 0.223 e. The summed E-state index contributed by atoms with van der Waals surface area (Å²) < 4.78 is 14.4. The van der Waals surface area contributed by atoms with Crippen molar-refractivity contribution in [3.8, 4) is 0 Å². The van der Waals surface area contributed by atoms with Crippen LogP contribution in [-0.2, 0) is 4.79 Å². The van der Waals surface area contributed by atoms with E-state index in [4.69, 9.17) is 5.41 Å². The van der Waals surface area contributed by atoms with Crippen molar-refractivity contribution in [2.45, 2.75) is 70.1 Å². The molecule has 5 nitrogen and oxygen atoms in total. The van der Waals surface area contributed by atoms with Crippen molar-refractivity contribution in [1.29, 1.82) is 5.41 Å². The number of anilines is 1. The Bertz CT molecular complexity index is 788. The van der Waals surface area contributed by atoms with E-state index in [1.165, 1.54) is 6.07 Å². The topological polar surface area (TPSA) is 76.4 Å². The summed E-state index contributed by atoms with van der Waals surface area (Å²) in [5.74, 6) is -0.797. The van der Waals surface area contributed by atoms with Gasteiger partial charge in [-0.2, -0.15) is 0 Å². The number of aliphatic hydroxyl groups is 1. The van der Waals surface area contributed by atoms with Crippen molar-refractivity contribution < 1.29 is 14.3 Å². The molecule has 4 aliphatic rings. The number of amides is 1. The Hall–Kier alpha value is -1.95. The van der Waals surface area contributed by atoms with E-state index in [0.717, 1.165) is 19.3 Å². The maximum atomic E-state index is 14.4. The first-order chi connectivity index (χ1) is 13.1. The highest BCUT2D eigenvalue weighted by Crippen LogP contribution is 2.57. The summed E-state index contributed by atoms with van der Waals surface area (Å²) >= 11 is 0. The number of halogens is 1. The number of nitrogens with zero attached hydrogens (tertiary/aromatic N) is 1. The first-order valence-corrected chi connectivity index (χ1v) is 10.2. The van der Waals surface area contributed by atoms with Crippen LogP contribution in [-0.4, -0.2) is 46.4 Å². The van der Waals surface area contributed by atoms with Crippen LogP contribution in [0.1, 0.15) is 57.9 Å². The second-order valence-corrected chi connectivity index (χ2v) is 9.57. The van der Waals surface area contributed by atoms with Crippen LogP contribution in [0.2, 0.25) is 0 Å². The van der Waals surface area contributed by atoms with Crippen molar-refractivity contribution in [2.24, 2.45) is 11.3 Å². The van der Waals surface area contributed by atoms with Gasteiger partial charge in [0.1, 0.15) is 5.82 Å². The lowest BCUT2D eigenvalue weighted by Gasteiger charge is -2.63. The number of hydrogen-bond donors (Lipinski definition) is 3. The number of hydrogen-bond acceptors (Lipinski definition) is 4. The van der Waals surface area contributed by atoms with Crippen molar-refractivity contribution in [3.05, 3.63) is 29.6 Å². The molecule has 3 atom stereocenters. The highest BCUT2D eigenvalue weighted by Gasteiger charge is 2.59. The Labute approximate surface area is 165 Å². The van der Waals surface area contributed by atoms with Crippen LogP contribution in [0.4, 0.5) is 10.1 Å². The van der Waals surface area contributed by atoms with E-state index in [-0.39, 0.29) is 47.0 Å². The molecule has 0 spiro atoms. The summed E-state index contributed by atoms with van der Waals surface area (Å²) in [6, 6.07) is 4.88. The summed E-state index contributed by atoms with van der Waals surface area (Å²) in [5.41, 5.74) is 0.461. The second-order valence-electron chi connectivity index (χ2n) is 9.57. The van der Waals surface area contributed by atoms with Gasteiger partial charge in [-0.05, 0) is 49.7 Å². The molecule has 3 unspecified atom stereocenters. The average molecular weight is 387 g/mol. The Morgan fingerprint density at radius 3 is 2.57 bits per heavy atom. The molecule has 2 heterocycles. The first kappa shape index (κ1) is 19.4. The van der Waals surface area contributed by atoms with Crippen LogP contribution in [0, 0.1) is 22.6 Å². The number of rotatable bonds is 5. The van der Waals surface area contributed by atoms with Crippen LogP contribution in [0.15, 0.2) is 18.2 Å². The lowest BCUT2D eigenvalue weighted by atomic mass is 9.54. The molecule has 1 aromatic carbocycles. The third-order valence-corrected chi connectivity index (χ3v) is 7.04. The molecule has 1 amide bonds. The van der Waals surface area contributed by atoms with Crippen LogP contribution in [0.5, 0.6) is 0 Å². The lowest BCUT2D eigenvalue weighted by Crippen LogP contribution is -2.68. The maximum absolute atomic E-state index is 14.4. The molecule has 0 aromatic heterocycles. The fourth-order valence-electron chi connectivity index (χ4n) is 6.23. The molecule has 4 fully saturated rings. The monoisotopic (exact) mass is 387 g/mol. The third kappa shape index (κ3) is 3.11. The highest BCUT2D eigenvalue weighted by molar-refractivity contribution is 6.05. The molecule has 28 heavy (non-hydrogen) atoms. The standard InChI is InChI=1S/C22H30FN3O2/c1-13(20(24)19-16(23)5-4-6-17(19)25-3)7-18(27)26-14-8-21(2)9-15(26)11-22(28,10-14)12-21/h4-6,13-15,24-25,28H,7-12H2,1-3H3. The van der Waals surface area contributed by atoms with Crippen LogP contribution < -0.4 is 5.32 Å². The van der Waals surface area contributed by atoms with E-state index < -0.39 is 11.4 Å². The van der Waals surface area contributed by atoms with E-state index in [2.05, 4.69) is 12.2 Å². The van der Waals surface area contributed by atoms with Crippen molar-refractivity contribution >= 4 is 17.3 Å². The number of benzene rings is 1. The van der Waals surface area contributed by atoms with E-state index in [0.29, 0.717) is 18.5 Å². The van der Waals surface area contributed by atoms with Gasteiger partial charge in [0.25, 0.3) is 0 Å². The van der Waals surface area contributed by atoms with Crippen LogP contribution in [0.3, 0.4) is 0 Å². The number of carbonyl (C=O) groups excluding carboxylic acids is 1. The molecule has 2 saturated carbocycles. The fraction of sp³-hybridized carbons (Fsp3) is 0.636. The largest absolute Gasteiger partial charge is 0.390 e. The molecule has 2 saturated heterocycles. The summed E-state index contributed by atoms with van der Waals surface area (Å²) in [6.07, 6.45) is 4.25. The van der Waals surface area contributed by atoms with Crippen LogP contribution in [0.25, 0.3) is 0 Å². The van der Waals surface area contributed by atoms with Gasteiger partial charge in [-0.3, -0.25) is 4.79 Å². The predicted octanol–water partition coefficient (Wildman–Crippen LogP) is 3.56. The van der Waals surface area contributed by atoms with Gasteiger partial charge in [-0.25, -0.2) is 4.39 Å². The molecule has 6 heteroatoms. The summed E-state index contributed by atoms with van der Waals surface area (Å²) in [7, 11) is 1.70. The zero-order chi connectivity index (χ0) is 20.3. The Morgan fingerprint density at radius 2 is 2.00 bits per heavy atom. The van der Waals surface area contributed by atoms with E-state index in [1.54, 1.807) is 19.2 Å². The van der Waals surface area contributed by atoms with Gasteiger partial charge < -0.3 is 20.7 Å². The van der Waals surface area contributed by atoms with Gasteiger partial charge in [-0.15, -0.1) is 0 Å². The summed E-state index contributed by atoms with van der Waals surface area (Å²) in [4.78, 5) is 15.2. The molecular weight excluding hydrogens is 357 g/mol. The molecule has 3 N–H and O–H groups in total. The number of piperidine rings is 2. The summed E-state index contributed by atoms with van der Waals surface area (Å²) in [5, 5.41) is 22.3. The van der Waals surface area contributed by atoms with Crippen molar-refractivity contribution in [1.82, 2.24) is 4.90 Å². The zero-order valence-corrected chi connectivity index (χ0v) is 16.9. The van der Waals surface area contributed by atoms with Gasteiger partial charge in [0.2, 0.25) is 5.91 Å². The highest BCUT2D eigenvalue weighted by atomic mass is 19.1. The van der Waals surface area contributed by atoms with Gasteiger partial charge in [0, 0.05) is 42.9 Å². The molecular formula is C22H30FN3O2. The van der Waals surface area contributed by atoms with Crippen molar-refractivity contribution in [3.63, 3.8) is 0 Å². The molecule has 0 radical (unpaired) electrons. The molecule has 5 rings (SSSR count). The van der Waals surface area contributed by atoms with Gasteiger partial charge in [-0.1, -0.05) is 19.9 Å². The van der Waals surface area contributed by atoms with E-state index in [1.807, 2.05) is 11.8 Å².